The van der Waals surface area contributed by atoms with E-state index in [1.54, 1.807) is 12.1 Å². The SMILES string of the molecule is C[C@H]1CCNc2cccc(n2)S(=O)(=O)NC(=O)c2ccc(-n3cccc(OCCC4(C(F)(F)F)CC4)c3=O)nc2N2CC1CC2(C)C. The summed E-state index contributed by atoms with van der Waals surface area (Å²) in [7, 11) is -4.36. The van der Waals surface area contributed by atoms with Crippen molar-refractivity contribution in [3.05, 3.63) is 64.6 Å². The molecule has 4 bridgehead atoms. The van der Waals surface area contributed by atoms with E-state index in [4.69, 9.17) is 9.72 Å². The number of hydrogen-bond acceptors (Lipinski definition) is 9. The molecule has 252 valence electrons. The summed E-state index contributed by atoms with van der Waals surface area (Å²) in [4.78, 5) is 38.1. The second-order valence-corrected chi connectivity index (χ2v) is 15.0. The molecule has 2 fully saturated rings. The van der Waals surface area contributed by atoms with Crippen LogP contribution in [-0.4, -0.2) is 60.3 Å². The van der Waals surface area contributed by atoms with Gasteiger partial charge in [-0.2, -0.15) is 21.6 Å². The van der Waals surface area contributed by atoms with Crippen molar-refractivity contribution < 1.29 is 31.1 Å². The van der Waals surface area contributed by atoms with E-state index in [9.17, 15) is 31.2 Å². The molecular weight excluding hydrogens is 637 g/mol. The van der Waals surface area contributed by atoms with Gasteiger partial charge >= 0.3 is 6.18 Å². The molecule has 1 saturated carbocycles. The van der Waals surface area contributed by atoms with Crippen molar-refractivity contribution in [2.45, 2.75) is 69.6 Å². The van der Waals surface area contributed by atoms with Gasteiger partial charge in [0.15, 0.2) is 10.8 Å². The number of carbonyl (C=O) groups excluding carboxylic acids is 1. The number of alkyl halides is 3. The Morgan fingerprint density at radius 3 is 2.55 bits per heavy atom. The summed E-state index contributed by atoms with van der Waals surface area (Å²) in [6, 6.07) is 10.3. The number of hydrogen-bond donors (Lipinski definition) is 2. The summed E-state index contributed by atoms with van der Waals surface area (Å²) in [6.45, 7) is 7.02. The lowest BCUT2D eigenvalue weighted by Crippen LogP contribution is -2.41. The molecule has 6 rings (SSSR count). The van der Waals surface area contributed by atoms with Gasteiger partial charge < -0.3 is 15.0 Å². The van der Waals surface area contributed by atoms with Gasteiger partial charge in [0.2, 0.25) is 0 Å². The number of nitrogens with one attached hydrogen (secondary N) is 2. The number of carbonyl (C=O) groups is 1. The van der Waals surface area contributed by atoms with E-state index in [2.05, 4.69) is 21.9 Å². The van der Waals surface area contributed by atoms with Crippen LogP contribution in [0, 0.1) is 17.3 Å². The predicted octanol–water partition coefficient (Wildman–Crippen LogP) is 4.91. The second-order valence-electron chi connectivity index (χ2n) is 13.3. The van der Waals surface area contributed by atoms with Gasteiger partial charge in [-0.3, -0.25) is 14.2 Å². The zero-order chi connectivity index (χ0) is 33.8. The molecule has 0 spiro atoms. The molecule has 1 unspecified atom stereocenters. The third-order valence-electron chi connectivity index (χ3n) is 9.66. The minimum absolute atomic E-state index is 0.00908. The number of aromatic nitrogens is 3. The Labute approximate surface area is 270 Å². The summed E-state index contributed by atoms with van der Waals surface area (Å²) in [6.07, 6.45) is -1.48. The summed E-state index contributed by atoms with van der Waals surface area (Å²) < 4.78 is 75.5. The number of sulfonamides is 1. The van der Waals surface area contributed by atoms with Crippen LogP contribution in [0.1, 0.15) is 63.2 Å². The van der Waals surface area contributed by atoms with Crippen molar-refractivity contribution in [2.75, 3.05) is 29.9 Å². The van der Waals surface area contributed by atoms with Crippen LogP contribution in [0.5, 0.6) is 5.75 Å². The fourth-order valence-corrected chi connectivity index (χ4v) is 7.45. The highest BCUT2D eigenvalue weighted by Gasteiger charge is 2.62. The Morgan fingerprint density at radius 1 is 1.06 bits per heavy atom. The van der Waals surface area contributed by atoms with Gasteiger partial charge in [0.1, 0.15) is 17.5 Å². The Hall–Kier alpha value is -4.14. The standard InChI is InChI=1S/C32H37F3N6O5S/c1-20-11-15-36-24-7-4-8-26(37-24)47(44,45)39-28(42)22-9-10-25(38-27(22)41-19-21(20)18-30(41,2)3)40-16-5-6-23(29(40)43)46-17-14-31(12-13-31)32(33,34)35/h4-10,16,20-21H,11-15,17-19H2,1-3H3,(H,36,37)(H,39,42)/t20-,21?/m0/s1. The first-order valence-electron chi connectivity index (χ1n) is 15.6. The summed E-state index contributed by atoms with van der Waals surface area (Å²) in [5.74, 6) is 0.137. The van der Waals surface area contributed by atoms with Crippen molar-refractivity contribution in [1.82, 2.24) is 19.3 Å². The minimum atomic E-state index is -4.36. The zero-order valence-electron chi connectivity index (χ0n) is 26.3. The average molecular weight is 675 g/mol. The lowest BCUT2D eigenvalue weighted by atomic mass is 9.86. The van der Waals surface area contributed by atoms with Crippen LogP contribution in [0.15, 0.2) is 58.5 Å². The number of halogens is 3. The highest BCUT2D eigenvalue weighted by Crippen LogP contribution is 2.59. The Bertz CT molecular complexity index is 1860. The summed E-state index contributed by atoms with van der Waals surface area (Å²) in [5.41, 5.74) is -2.88. The van der Waals surface area contributed by atoms with Gasteiger partial charge in [-0.1, -0.05) is 13.0 Å². The first-order chi connectivity index (χ1) is 22.1. The van der Waals surface area contributed by atoms with Crippen molar-refractivity contribution in [3.8, 4) is 11.6 Å². The molecule has 2 N–H and O–H groups in total. The number of fused-ring (bicyclic) bond motifs is 6. The van der Waals surface area contributed by atoms with Gasteiger partial charge in [0, 0.05) is 24.8 Å². The predicted molar refractivity (Wildman–Crippen MR) is 168 cm³/mol. The van der Waals surface area contributed by atoms with Crippen molar-refractivity contribution in [1.29, 1.82) is 0 Å². The molecule has 3 aliphatic rings. The van der Waals surface area contributed by atoms with Crippen molar-refractivity contribution in [2.24, 2.45) is 17.3 Å². The number of rotatable bonds is 5. The molecule has 1 aliphatic carbocycles. The van der Waals surface area contributed by atoms with Crippen molar-refractivity contribution in [3.63, 3.8) is 0 Å². The smallest absolute Gasteiger partial charge is 0.394 e. The largest absolute Gasteiger partial charge is 0.488 e. The zero-order valence-corrected chi connectivity index (χ0v) is 27.1. The molecule has 1 amide bonds. The topological polar surface area (TPSA) is 136 Å². The number of pyridine rings is 3. The quantitative estimate of drug-likeness (QED) is 0.387. The van der Waals surface area contributed by atoms with E-state index in [0.717, 1.165) is 12.8 Å². The van der Waals surface area contributed by atoms with Gasteiger partial charge in [0.25, 0.3) is 21.5 Å². The van der Waals surface area contributed by atoms with Crippen LogP contribution in [0.4, 0.5) is 24.8 Å². The Balaban J connectivity index is 1.37. The minimum Gasteiger partial charge on any atom is -0.488 e. The number of ether oxygens (including phenoxy) is 1. The molecule has 15 heteroatoms. The maximum Gasteiger partial charge on any atom is 0.394 e. The maximum atomic E-state index is 13.7. The van der Waals surface area contributed by atoms with E-state index >= 15 is 0 Å². The molecule has 2 atom stereocenters. The van der Waals surface area contributed by atoms with Crippen LogP contribution in [0.25, 0.3) is 5.82 Å². The molecule has 2 aliphatic heterocycles. The summed E-state index contributed by atoms with van der Waals surface area (Å²) >= 11 is 0. The molecule has 3 aromatic heterocycles. The van der Waals surface area contributed by atoms with Crippen LogP contribution >= 0.6 is 0 Å². The van der Waals surface area contributed by atoms with E-state index in [-0.39, 0.29) is 65.7 Å². The third-order valence-corrected chi connectivity index (χ3v) is 10.9. The van der Waals surface area contributed by atoms with Crippen molar-refractivity contribution >= 4 is 27.6 Å². The first kappa shape index (κ1) is 32.8. The monoisotopic (exact) mass is 674 g/mol. The lowest BCUT2D eigenvalue weighted by molar-refractivity contribution is -0.190. The van der Waals surface area contributed by atoms with Crippen LogP contribution in [-0.2, 0) is 10.0 Å². The first-order valence-corrected chi connectivity index (χ1v) is 17.1. The van der Waals surface area contributed by atoms with Gasteiger partial charge in [-0.25, -0.2) is 14.7 Å². The highest BCUT2D eigenvalue weighted by molar-refractivity contribution is 7.90. The van der Waals surface area contributed by atoms with E-state index in [1.807, 2.05) is 18.7 Å². The van der Waals surface area contributed by atoms with Gasteiger partial charge in [0.05, 0.1) is 17.6 Å². The Kier molecular flexibility index (Phi) is 8.25. The molecule has 3 aromatic rings. The number of amides is 1. The average Bonchev–Trinajstić information content (AvgIpc) is 3.74. The highest BCUT2D eigenvalue weighted by atomic mass is 32.2. The Morgan fingerprint density at radius 2 is 1.83 bits per heavy atom. The molecule has 1 saturated heterocycles. The third kappa shape index (κ3) is 6.41. The fraction of sp³-hybridized carbons (Fsp3) is 0.500. The van der Waals surface area contributed by atoms with E-state index in [0.29, 0.717) is 18.9 Å². The molecule has 5 heterocycles. The van der Waals surface area contributed by atoms with Crippen LogP contribution in [0.3, 0.4) is 0 Å². The van der Waals surface area contributed by atoms with E-state index in [1.165, 1.54) is 41.1 Å². The van der Waals surface area contributed by atoms with Gasteiger partial charge in [-0.05, 0) is 94.2 Å². The molecular formula is C32H37F3N6O5S. The second kappa shape index (κ2) is 11.8. The fourth-order valence-electron chi connectivity index (χ4n) is 6.51. The van der Waals surface area contributed by atoms with E-state index < -0.39 is 38.6 Å². The molecule has 11 nitrogen and oxygen atoms in total. The van der Waals surface area contributed by atoms with Crippen LogP contribution < -0.4 is 25.2 Å². The molecule has 0 radical (unpaired) electrons. The maximum absolute atomic E-state index is 13.7. The number of anilines is 2. The number of nitrogens with zero attached hydrogens (tertiary/aromatic N) is 4. The van der Waals surface area contributed by atoms with Crippen LogP contribution in [0.2, 0.25) is 0 Å². The lowest BCUT2D eigenvalue weighted by Gasteiger charge is -2.34. The summed E-state index contributed by atoms with van der Waals surface area (Å²) in [5, 5.41) is 2.87. The molecule has 47 heavy (non-hydrogen) atoms. The normalized spacial score (nSPS) is 23.0. The van der Waals surface area contributed by atoms with Gasteiger partial charge in [-0.15, -0.1) is 0 Å². The molecule has 0 aromatic carbocycles.